The van der Waals surface area contributed by atoms with Crippen molar-refractivity contribution in [3.8, 4) is 0 Å². The molecule has 2 rings (SSSR count). The van der Waals surface area contributed by atoms with Crippen molar-refractivity contribution in [3.63, 3.8) is 0 Å². The van der Waals surface area contributed by atoms with Crippen LogP contribution < -0.4 is 0 Å². The van der Waals surface area contributed by atoms with Gasteiger partial charge in [0.2, 0.25) is 0 Å². The molecule has 0 aliphatic carbocycles. The average molecular weight is 170 g/mol. The molecule has 12 heavy (non-hydrogen) atoms. The fraction of sp³-hybridized carbons (Fsp3) is 1.00. The van der Waals surface area contributed by atoms with Crippen LogP contribution in [-0.4, -0.2) is 60.3 Å². The molecule has 2 saturated heterocycles. The van der Waals surface area contributed by atoms with Gasteiger partial charge in [-0.15, -0.1) is 0 Å². The lowest BCUT2D eigenvalue weighted by molar-refractivity contribution is 0.175. The van der Waals surface area contributed by atoms with E-state index in [4.69, 9.17) is 0 Å². The van der Waals surface area contributed by atoms with Gasteiger partial charge in [0, 0.05) is 19.1 Å². The van der Waals surface area contributed by atoms with Crippen LogP contribution in [-0.2, 0) is 0 Å². The first-order chi connectivity index (χ1) is 5.75. The molecule has 2 heterocycles. The van der Waals surface area contributed by atoms with Crippen LogP contribution in [0.3, 0.4) is 0 Å². The number of likely N-dealkylation sites (N-methyl/N-ethyl adjacent to an activating group) is 1. The van der Waals surface area contributed by atoms with Gasteiger partial charge in [-0.3, -0.25) is 4.90 Å². The third kappa shape index (κ3) is 1.63. The summed E-state index contributed by atoms with van der Waals surface area (Å²) in [5, 5.41) is 9.48. The topological polar surface area (TPSA) is 26.7 Å². The summed E-state index contributed by atoms with van der Waals surface area (Å²) in [5.41, 5.74) is 0. The summed E-state index contributed by atoms with van der Waals surface area (Å²) < 4.78 is 0. The SMILES string of the molecule is CN1CCCN2CC(O)CC2C1. The molecule has 2 atom stereocenters. The van der Waals surface area contributed by atoms with Crippen LogP contribution in [0.4, 0.5) is 0 Å². The van der Waals surface area contributed by atoms with E-state index in [1.54, 1.807) is 0 Å². The number of fused-ring (bicyclic) bond motifs is 1. The first-order valence-corrected chi connectivity index (χ1v) is 4.86. The van der Waals surface area contributed by atoms with E-state index in [-0.39, 0.29) is 6.10 Å². The molecule has 3 heteroatoms. The van der Waals surface area contributed by atoms with Crippen molar-refractivity contribution in [2.24, 2.45) is 0 Å². The van der Waals surface area contributed by atoms with Crippen molar-refractivity contribution in [2.45, 2.75) is 25.0 Å². The van der Waals surface area contributed by atoms with Gasteiger partial charge in [-0.1, -0.05) is 0 Å². The minimum Gasteiger partial charge on any atom is -0.392 e. The zero-order valence-electron chi connectivity index (χ0n) is 7.74. The second kappa shape index (κ2) is 3.32. The lowest BCUT2D eigenvalue weighted by atomic mass is 10.2. The quantitative estimate of drug-likeness (QED) is 0.543. The summed E-state index contributed by atoms with van der Waals surface area (Å²) in [6.45, 7) is 4.42. The maximum Gasteiger partial charge on any atom is 0.0682 e. The Morgan fingerprint density at radius 2 is 2.08 bits per heavy atom. The maximum absolute atomic E-state index is 9.48. The standard InChI is InChI=1S/C9H18N2O/c1-10-3-2-4-11-7-9(12)5-8(11)6-10/h8-9,12H,2-7H2,1H3. The van der Waals surface area contributed by atoms with Crippen molar-refractivity contribution in [2.75, 3.05) is 33.2 Å². The van der Waals surface area contributed by atoms with E-state index in [9.17, 15) is 5.11 Å². The van der Waals surface area contributed by atoms with E-state index in [0.29, 0.717) is 6.04 Å². The molecule has 2 aliphatic rings. The Morgan fingerprint density at radius 3 is 2.92 bits per heavy atom. The Bertz CT molecular complexity index is 163. The fourth-order valence-corrected chi connectivity index (χ4v) is 2.42. The largest absolute Gasteiger partial charge is 0.392 e. The Labute approximate surface area is 74.0 Å². The lowest BCUT2D eigenvalue weighted by Gasteiger charge is -2.22. The Balaban J connectivity index is 1.99. The molecule has 0 radical (unpaired) electrons. The molecule has 0 amide bonds. The van der Waals surface area contributed by atoms with E-state index in [2.05, 4.69) is 16.8 Å². The molecule has 2 unspecified atom stereocenters. The molecule has 0 aromatic carbocycles. The van der Waals surface area contributed by atoms with Crippen LogP contribution >= 0.6 is 0 Å². The number of rotatable bonds is 0. The summed E-state index contributed by atoms with van der Waals surface area (Å²) in [6, 6.07) is 0.618. The molecule has 0 saturated carbocycles. The van der Waals surface area contributed by atoms with Crippen LogP contribution in [0.25, 0.3) is 0 Å². The summed E-state index contributed by atoms with van der Waals surface area (Å²) in [4.78, 5) is 4.82. The van der Waals surface area contributed by atoms with Gasteiger partial charge < -0.3 is 10.0 Å². The number of nitrogens with zero attached hydrogens (tertiary/aromatic N) is 2. The first kappa shape index (κ1) is 8.48. The van der Waals surface area contributed by atoms with Crippen molar-refractivity contribution in [1.29, 1.82) is 0 Å². The highest BCUT2D eigenvalue weighted by Crippen LogP contribution is 2.20. The minimum atomic E-state index is -0.0681. The van der Waals surface area contributed by atoms with Gasteiger partial charge >= 0.3 is 0 Å². The number of aliphatic hydroxyl groups excluding tert-OH is 1. The molecule has 0 bridgehead atoms. The van der Waals surface area contributed by atoms with Crippen molar-refractivity contribution in [1.82, 2.24) is 9.80 Å². The zero-order valence-corrected chi connectivity index (χ0v) is 7.74. The highest BCUT2D eigenvalue weighted by atomic mass is 16.3. The van der Waals surface area contributed by atoms with E-state index < -0.39 is 0 Å². The predicted octanol–water partition coefficient (Wildman–Crippen LogP) is -0.243. The number of hydrogen-bond acceptors (Lipinski definition) is 3. The second-order valence-corrected chi connectivity index (χ2v) is 4.15. The van der Waals surface area contributed by atoms with Crippen molar-refractivity contribution < 1.29 is 5.11 Å². The third-order valence-electron chi connectivity index (χ3n) is 3.01. The molecule has 2 aliphatic heterocycles. The monoisotopic (exact) mass is 170 g/mol. The summed E-state index contributed by atoms with van der Waals surface area (Å²) in [5.74, 6) is 0. The number of hydrogen-bond donors (Lipinski definition) is 1. The highest BCUT2D eigenvalue weighted by molar-refractivity contribution is 4.88. The molecule has 70 valence electrons. The normalized spacial score (nSPS) is 39.5. The Morgan fingerprint density at radius 1 is 1.25 bits per heavy atom. The molecule has 3 nitrogen and oxygen atoms in total. The summed E-state index contributed by atoms with van der Waals surface area (Å²) in [7, 11) is 2.17. The van der Waals surface area contributed by atoms with Crippen LogP contribution in [0.15, 0.2) is 0 Å². The van der Waals surface area contributed by atoms with Gasteiger partial charge in [-0.05, 0) is 33.0 Å². The van der Waals surface area contributed by atoms with Crippen molar-refractivity contribution in [3.05, 3.63) is 0 Å². The number of aliphatic hydroxyl groups is 1. The maximum atomic E-state index is 9.48. The van der Waals surface area contributed by atoms with Crippen LogP contribution in [0.5, 0.6) is 0 Å². The third-order valence-corrected chi connectivity index (χ3v) is 3.01. The zero-order chi connectivity index (χ0) is 8.55. The second-order valence-electron chi connectivity index (χ2n) is 4.15. The smallest absolute Gasteiger partial charge is 0.0682 e. The van der Waals surface area contributed by atoms with Crippen LogP contribution in [0.2, 0.25) is 0 Å². The van der Waals surface area contributed by atoms with Crippen molar-refractivity contribution >= 4 is 0 Å². The molecule has 1 N–H and O–H groups in total. The van der Waals surface area contributed by atoms with Gasteiger partial charge in [-0.2, -0.15) is 0 Å². The summed E-state index contributed by atoms with van der Waals surface area (Å²) in [6.07, 6.45) is 2.16. The molecular weight excluding hydrogens is 152 g/mol. The molecule has 0 aromatic heterocycles. The molecular formula is C9H18N2O. The van der Waals surface area contributed by atoms with Gasteiger partial charge in [0.25, 0.3) is 0 Å². The first-order valence-electron chi connectivity index (χ1n) is 4.86. The molecule has 0 spiro atoms. The van der Waals surface area contributed by atoms with E-state index >= 15 is 0 Å². The van der Waals surface area contributed by atoms with Gasteiger partial charge in [0.15, 0.2) is 0 Å². The van der Waals surface area contributed by atoms with Gasteiger partial charge in [0.05, 0.1) is 6.10 Å². The summed E-state index contributed by atoms with van der Waals surface area (Å²) >= 11 is 0. The average Bonchev–Trinajstić information content (AvgIpc) is 2.23. The lowest BCUT2D eigenvalue weighted by Crippen LogP contribution is -2.34. The Hall–Kier alpha value is -0.120. The molecule has 0 aromatic rings. The van der Waals surface area contributed by atoms with Crippen LogP contribution in [0, 0.1) is 0 Å². The van der Waals surface area contributed by atoms with E-state index in [1.807, 2.05) is 0 Å². The fourth-order valence-electron chi connectivity index (χ4n) is 2.42. The van der Waals surface area contributed by atoms with E-state index in [0.717, 1.165) is 19.5 Å². The van der Waals surface area contributed by atoms with E-state index in [1.165, 1.54) is 19.5 Å². The minimum absolute atomic E-state index is 0.0681. The van der Waals surface area contributed by atoms with Crippen LogP contribution in [0.1, 0.15) is 12.8 Å². The predicted molar refractivity (Wildman–Crippen MR) is 48.1 cm³/mol. The van der Waals surface area contributed by atoms with Gasteiger partial charge in [-0.25, -0.2) is 0 Å². The Kier molecular flexibility index (Phi) is 2.35. The highest BCUT2D eigenvalue weighted by Gasteiger charge is 2.32. The van der Waals surface area contributed by atoms with Gasteiger partial charge in [0.1, 0.15) is 0 Å². The molecule has 2 fully saturated rings.